The van der Waals surface area contributed by atoms with Crippen molar-refractivity contribution >= 4 is 11.6 Å². The zero-order valence-corrected chi connectivity index (χ0v) is 9.69. The molecule has 1 aromatic carbocycles. The van der Waals surface area contributed by atoms with Gasteiger partial charge in [-0.2, -0.15) is 0 Å². The third-order valence-electron chi connectivity index (χ3n) is 2.96. The van der Waals surface area contributed by atoms with E-state index in [2.05, 4.69) is 4.90 Å². The summed E-state index contributed by atoms with van der Waals surface area (Å²) < 4.78 is 5.29. The fourth-order valence-corrected chi connectivity index (χ4v) is 1.99. The van der Waals surface area contributed by atoms with Gasteiger partial charge in [0.1, 0.15) is 0 Å². The summed E-state index contributed by atoms with van der Waals surface area (Å²) in [6.45, 7) is 3.41. The van der Waals surface area contributed by atoms with Crippen LogP contribution in [-0.2, 0) is 11.3 Å². The van der Waals surface area contributed by atoms with Crippen molar-refractivity contribution in [2.24, 2.45) is 11.5 Å². The Bertz CT molecular complexity index is 414. The molecule has 1 aliphatic heterocycles. The van der Waals surface area contributed by atoms with Crippen molar-refractivity contribution < 1.29 is 9.53 Å². The smallest absolute Gasteiger partial charge is 0.249 e. The molecule has 0 unspecified atom stereocenters. The Hall–Kier alpha value is -1.59. The number of ether oxygens (including phenoxy) is 1. The first-order chi connectivity index (χ1) is 8.22. The number of carbonyl (C=O) groups is 1. The number of hydrogen-bond donors (Lipinski definition) is 2. The highest BCUT2D eigenvalue weighted by Gasteiger charge is 2.14. The highest BCUT2D eigenvalue weighted by molar-refractivity contribution is 5.95. The van der Waals surface area contributed by atoms with E-state index in [-0.39, 0.29) is 0 Å². The second kappa shape index (κ2) is 5.16. The van der Waals surface area contributed by atoms with E-state index >= 15 is 0 Å². The van der Waals surface area contributed by atoms with E-state index < -0.39 is 5.91 Å². The van der Waals surface area contributed by atoms with Crippen LogP contribution < -0.4 is 16.4 Å². The molecule has 0 bridgehead atoms. The van der Waals surface area contributed by atoms with Gasteiger partial charge in [0, 0.05) is 30.9 Å². The molecule has 1 heterocycles. The van der Waals surface area contributed by atoms with E-state index in [1.165, 1.54) is 0 Å². The van der Waals surface area contributed by atoms with Gasteiger partial charge in [-0.1, -0.05) is 6.07 Å². The standard InChI is InChI=1S/C12H17N3O2/c13-8-9-1-2-10(7-11(9)12(14)16)15-3-5-17-6-4-15/h1-2,7H,3-6,8,13H2,(H2,14,16). The summed E-state index contributed by atoms with van der Waals surface area (Å²) in [5.41, 5.74) is 13.2. The fraction of sp³-hybridized carbons (Fsp3) is 0.417. The summed E-state index contributed by atoms with van der Waals surface area (Å²) in [5, 5.41) is 0. The molecule has 5 nitrogen and oxygen atoms in total. The average Bonchev–Trinajstić information content (AvgIpc) is 2.39. The van der Waals surface area contributed by atoms with Crippen LogP contribution in [0, 0.1) is 0 Å². The van der Waals surface area contributed by atoms with Crippen LogP contribution in [0.4, 0.5) is 5.69 Å². The molecule has 1 amide bonds. The lowest BCUT2D eigenvalue weighted by atomic mass is 10.1. The van der Waals surface area contributed by atoms with E-state index in [0.717, 1.165) is 24.3 Å². The monoisotopic (exact) mass is 235 g/mol. The number of nitrogens with two attached hydrogens (primary N) is 2. The van der Waals surface area contributed by atoms with Gasteiger partial charge < -0.3 is 21.1 Å². The Morgan fingerprint density at radius 3 is 2.65 bits per heavy atom. The summed E-state index contributed by atoms with van der Waals surface area (Å²) in [5.74, 6) is -0.430. The van der Waals surface area contributed by atoms with Gasteiger partial charge in [0.15, 0.2) is 0 Å². The minimum atomic E-state index is -0.430. The minimum absolute atomic E-state index is 0.321. The van der Waals surface area contributed by atoms with Crippen LogP contribution in [0.3, 0.4) is 0 Å². The lowest BCUT2D eigenvalue weighted by Crippen LogP contribution is -2.36. The molecule has 0 saturated carbocycles. The Morgan fingerprint density at radius 1 is 1.35 bits per heavy atom. The van der Waals surface area contributed by atoms with Crippen molar-refractivity contribution in [3.8, 4) is 0 Å². The highest BCUT2D eigenvalue weighted by Crippen LogP contribution is 2.20. The van der Waals surface area contributed by atoms with E-state index in [4.69, 9.17) is 16.2 Å². The van der Waals surface area contributed by atoms with Crippen LogP contribution >= 0.6 is 0 Å². The van der Waals surface area contributed by atoms with Gasteiger partial charge in [-0.15, -0.1) is 0 Å². The highest BCUT2D eigenvalue weighted by atomic mass is 16.5. The average molecular weight is 235 g/mol. The fourth-order valence-electron chi connectivity index (χ4n) is 1.99. The van der Waals surface area contributed by atoms with E-state index in [0.29, 0.717) is 25.3 Å². The first-order valence-corrected chi connectivity index (χ1v) is 5.68. The minimum Gasteiger partial charge on any atom is -0.378 e. The number of amides is 1. The maximum atomic E-state index is 11.3. The molecule has 0 radical (unpaired) electrons. The van der Waals surface area contributed by atoms with Gasteiger partial charge in [-0.3, -0.25) is 4.79 Å². The Kier molecular flexibility index (Phi) is 3.61. The molecule has 0 aliphatic carbocycles. The van der Waals surface area contributed by atoms with Crippen LogP contribution in [0.5, 0.6) is 0 Å². The molecular formula is C12H17N3O2. The Balaban J connectivity index is 2.29. The number of hydrogen-bond acceptors (Lipinski definition) is 4. The summed E-state index contributed by atoms with van der Waals surface area (Å²) in [6.07, 6.45) is 0. The van der Waals surface area contributed by atoms with Crippen molar-refractivity contribution in [2.75, 3.05) is 31.2 Å². The Labute approximate surface area is 100 Å². The predicted molar refractivity (Wildman–Crippen MR) is 65.9 cm³/mol. The van der Waals surface area contributed by atoms with Crippen molar-refractivity contribution in [3.63, 3.8) is 0 Å². The maximum Gasteiger partial charge on any atom is 0.249 e. The number of carbonyl (C=O) groups excluding carboxylic acids is 1. The maximum absolute atomic E-state index is 11.3. The second-order valence-corrected chi connectivity index (χ2v) is 4.01. The molecular weight excluding hydrogens is 218 g/mol. The van der Waals surface area contributed by atoms with Crippen molar-refractivity contribution in [3.05, 3.63) is 29.3 Å². The summed E-state index contributed by atoms with van der Waals surface area (Å²) in [4.78, 5) is 13.5. The summed E-state index contributed by atoms with van der Waals surface area (Å²) in [7, 11) is 0. The number of primary amides is 1. The van der Waals surface area contributed by atoms with E-state index in [9.17, 15) is 4.79 Å². The van der Waals surface area contributed by atoms with Gasteiger partial charge in [0.05, 0.1) is 13.2 Å². The number of rotatable bonds is 3. The van der Waals surface area contributed by atoms with E-state index in [1.807, 2.05) is 18.2 Å². The van der Waals surface area contributed by atoms with Gasteiger partial charge in [-0.25, -0.2) is 0 Å². The quantitative estimate of drug-likeness (QED) is 0.777. The van der Waals surface area contributed by atoms with Gasteiger partial charge in [0.25, 0.3) is 0 Å². The van der Waals surface area contributed by atoms with Crippen molar-refractivity contribution in [2.45, 2.75) is 6.54 Å². The van der Waals surface area contributed by atoms with Gasteiger partial charge in [0.2, 0.25) is 5.91 Å². The molecule has 5 heteroatoms. The summed E-state index contributed by atoms with van der Waals surface area (Å²) >= 11 is 0. The van der Waals surface area contributed by atoms with Crippen LogP contribution in [0.25, 0.3) is 0 Å². The molecule has 92 valence electrons. The number of morpholine rings is 1. The first kappa shape index (κ1) is 11.9. The second-order valence-electron chi connectivity index (χ2n) is 4.01. The molecule has 2 rings (SSSR count). The van der Waals surface area contributed by atoms with Gasteiger partial charge >= 0.3 is 0 Å². The molecule has 1 aromatic rings. The molecule has 0 spiro atoms. The zero-order chi connectivity index (χ0) is 12.3. The predicted octanol–water partition coefficient (Wildman–Crippen LogP) is 0.0808. The Morgan fingerprint density at radius 2 is 2.06 bits per heavy atom. The van der Waals surface area contributed by atoms with Crippen molar-refractivity contribution in [1.29, 1.82) is 0 Å². The molecule has 1 saturated heterocycles. The lowest BCUT2D eigenvalue weighted by molar-refractivity contribution is 0.0999. The van der Waals surface area contributed by atoms with Crippen LogP contribution in [-0.4, -0.2) is 32.2 Å². The van der Waals surface area contributed by atoms with Crippen LogP contribution in [0.15, 0.2) is 18.2 Å². The SMILES string of the molecule is NCc1ccc(N2CCOCC2)cc1C(N)=O. The number of nitrogens with zero attached hydrogens (tertiary/aromatic N) is 1. The number of benzene rings is 1. The lowest BCUT2D eigenvalue weighted by Gasteiger charge is -2.29. The normalized spacial score (nSPS) is 15.9. The summed E-state index contributed by atoms with van der Waals surface area (Å²) in [6, 6.07) is 5.65. The van der Waals surface area contributed by atoms with Crippen LogP contribution in [0.2, 0.25) is 0 Å². The number of anilines is 1. The molecule has 4 N–H and O–H groups in total. The van der Waals surface area contributed by atoms with E-state index in [1.54, 1.807) is 0 Å². The topological polar surface area (TPSA) is 81.6 Å². The molecule has 0 aromatic heterocycles. The largest absolute Gasteiger partial charge is 0.378 e. The third-order valence-corrected chi connectivity index (χ3v) is 2.96. The molecule has 17 heavy (non-hydrogen) atoms. The third kappa shape index (κ3) is 2.57. The molecule has 1 fully saturated rings. The van der Waals surface area contributed by atoms with Gasteiger partial charge in [-0.05, 0) is 17.7 Å². The molecule has 0 atom stereocenters. The molecule has 1 aliphatic rings. The first-order valence-electron chi connectivity index (χ1n) is 5.68. The zero-order valence-electron chi connectivity index (χ0n) is 9.69. The van der Waals surface area contributed by atoms with Crippen LogP contribution in [0.1, 0.15) is 15.9 Å². The van der Waals surface area contributed by atoms with Crippen molar-refractivity contribution in [1.82, 2.24) is 0 Å².